The number of aromatic nitrogens is 2. The number of rotatable bonds is 5. The molecular formula is C18H22F3N3O2S2. The Hall–Kier alpha value is -1.55. The summed E-state index contributed by atoms with van der Waals surface area (Å²) in [5.74, 6) is -0.729. The van der Waals surface area contributed by atoms with Gasteiger partial charge in [-0.15, -0.1) is 11.3 Å². The van der Waals surface area contributed by atoms with Gasteiger partial charge < -0.3 is 5.32 Å². The average molecular weight is 434 g/mol. The van der Waals surface area contributed by atoms with Crippen LogP contribution in [0.2, 0.25) is 0 Å². The van der Waals surface area contributed by atoms with Crippen molar-refractivity contribution in [3.05, 3.63) is 20.8 Å². The van der Waals surface area contributed by atoms with Crippen LogP contribution in [-0.2, 0) is 4.79 Å². The summed E-state index contributed by atoms with van der Waals surface area (Å²) in [5.41, 5.74) is 0.793. The number of aryl methyl sites for hydroxylation is 2. The number of alkyl halides is 3. The fourth-order valence-electron chi connectivity index (χ4n) is 3.40. The van der Waals surface area contributed by atoms with Crippen molar-refractivity contribution in [2.24, 2.45) is 0 Å². The highest BCUT2D eigenvalue weighted by Gasteiger charge is 2.30. The molecule has 0 saturated heterocycles. The van der Waals surface area contributed by atoms with E-state index < -0.39 is 23.9 Å². The molecule has 1 aliphatic rings. The molecule has 1 fully saturated rings. The number of thioether (sulfide) groups is 1. The van der Waals surface area contributed by atoms with Crippen molar-refractivity contribution in [2.45, 2.75) is 69.1 Å². The summed E-state index contributed by atoms with van der Waals surface area (Å²) >= 11 is 2.46. The van der Waals surface area contributed by atoms with E-state index >= 15 is 0 Å². The molecule has 0 radical (unpaired) electrons. The maximum absolute atomic E-state index is 13.2. The van der Waals surface area contributed by atoms with Crippen LogP contribution in [0.25, 0.3) is 10.2 Å². The Kier molecular flexibility index (Phi) is 6.09. The van der Waals surface area contributed by atoms with Crippen molar-refractivity contribution in [1.82, 2.24) is 14.9 Å². The molecule has 1 unspecified atom stereocenters. The van der Waals surface area contributed by atoms with Gasteiger partial charge in [-0.1, -0.05) is 24.6 Å². The zero-order valence-corrected chi connectivity index (χ0v) is 17.5. The van der Waals surface area contributed by atoms with Gasteiger partial charge in [0.15, 0.2) is 5.16 Å². The number of nitrogens with zero attached hydrogens (tertiary/aromatic N) is 2. The summed E-state index contributed by atoms with van der Waals surface area (Å²) in [6.07, 6.45) is -0.713. The molecule has 0 aliphatic heterocycles. The third-order valence-corrected chi connectivity index (χ3v) is 7.17. The number of thiophene rings is 1. The first-order valence-electron chi connectivity index (χ1n) is 9.12. The van der Waals surface area contributed by atoms with E-state index in [1.54, 1.807) is 4.57 Å². The van der Waals surface area contributed by atoms with Gasteiger partial charge in [-0.05, 0) is 39.2 Å². The van der Waals surface area contributed by atoms with Gasteiger partial charge in [-0.25, -0.2) is 4.98 Å². The van der Waals surface area contributed by atoms with E-state index in [0.717, 1.165) is 47.9 Å². The Labute approximate surface area is 168 Å². The molecule has 1 N–H and O–H groups in total. The lowest BCUT2D eigenvalue weighted by Gasteiger charge is -2.20. The first-order chi connectivity index (χ1) is 13.1. The fraction of sp³-hybridized carbons (Fsp3) is 0.611. The Morgan fingerprint density at radius 3 is 2.61 bits per heavy atom. The van der Waals surface area contributed by atoms with Gasteiger partial charge >= 0.3 is 6.18 Å². The number of halogens is 3. The Morgan fingerprint density at radius 1 is 1.36 bits per heavy atom. The lowest BCUT2D eigenvalue weighted by Crippen LogP contribution is -2.38. The quantitative estimate of drug-likeness (QED) is 0.563. The van der Waals surface area contributed by atoms with Crippen LogP contribution in [0.15, 0.2) is 9.95 Å². The number of carbonyl (C=O) groups excluding carboxylic acids is 1. The van der Waals surface area contributed by atoms with Crippen LogP contribution >= 0.6 is 23.1 Å². The fourth-order valence-corrected chi connectivity index (χ4v) is 5.47. The molecule has 2 aromatic rings. The van der Waals surface area contributed by atoms with Crippen LogP contribution in [-0.4, -0.2) is 33.4 Å². The van der Waals surface area contributed by atoms with Crippen molar-refractivity contribution in [3.8, 4) is 0 Å². The lowest BCUT2D eigenvalue weighted by atomic mass is 10.2. The van der Waals surface area contributed by atoms with E-state index in [2.05, 4.69) is 4.98 Å². The maximum atomic E-state index is 13.2. The predicted molar refractivity (Wildman–Crippen MR) is 105 cm³/mol. The topological polar surface area (TPSA) is 64.0 Å². The second-order valence-corrected chi connectivity index (χ2v) is 9.58. The van der Waals surface area contributed by atoms with Crippen molar-refractivity contribution in [3.63, 3.8) is 0 Å². The van der Waals surface area contributed by atoms with Crippen molar-refractivity contribution >= 4 is 39.2 Å². The average Bonchev–Trinajstić information content (AvgIpc) is 3.21. The highest BCUT2D eigenvalue weighted by molar-refractivity contribution is 8.00. The zero-order valence-electron chi connectivity index (χ0n) is 15.9. The maximum Gasteiger partial charge on any atom is 0.405 e. The first kappa shape index (κ1) is 21.2. The summed E-state index contributed by atoms with van der Waals surface area (Å²) in [6.45, 7) is 3.98. The number of hydrogen-bond donors (Lipinski definition) is 1. The van der Waals surface area contributed by atoms with Gasteiger partial charge in [0.05, 0.1) is 10.6 Å². The van der Waals surface area contributed by atoms with E-state index in [1.807, 2.05) is 19.2 Å². The summed E-state index contributed by atoms with van der Waals surface area (Å²) in [5, 5.41) is 2.10. The van der Waals surface area contributed by atoms with Crippen molar-refractivity contribution < 1.29 is 18.0 Å². The third-order valence-electron chi connectivity index (χ3n) is 5.01. The zero-order chi connectivity index (χ0) is 20.6. The molecule has 1 amide bonds. The number of amides is 1. The van der Waals surface area contributed by atoms with E-state index in [1.165, 1.54) is 18.3 Å². The lowest BCUT2D eigenvalue weighted by molar-refractivity contribution is -0.137. The largest absolute Gasteiger partial charge is 0.405 e. The Morgan fingerprint density at radius 2 is 2.00 bits per heavy atom. The Bertz CT molecular complexity index is 946. The number of nitrogens with one attached hydrogen (secondary N) is 1. The van der Waals surface area contributed by atoms with E-state index in [9.17, 15) is 22.8 Å². The second kappa shape index (κ2) is 8.06. The minimum absolute atomic E-state index is 0.0111. The van der Waals surface area contributed by atoms with Crippen LogP contribution in [0, 0.1) is 13.8 Å². The smallest absolute Gasteiger partial charge is 0.346 e. The standard InChI is InChI=1S/C18H22F3N3O2S2/c1-9-10(2)27-15-13(9)16(26)24(12-6-4-5-7-12)17(23-15)28-11(3)14(25)22-8-18(19,20)21/h11-12H,4-8H2,1-3H3,(H,22,25). The first-order valence-corrected chi connectivity index (χ1v) is 10.8. The molecule has 1 aliphatic carbocycles. The number of fused-ring (bicyclic) bond motifs is 1. The van der Waals surface area contributed by atoms with Gasteiger partial charge in [-0.3, -0.25) is 14.2 Å². The highest BCUT2D eigenvalue weighted by atomic mass is 32.2. The summed E-state index contributed by atoms with van der Waals surface area (Å²) in [7, 11) is 0. The van der Waals surface area contributed by atoms with E-state index in [4.69, 9.17) is 0 Å². The van der Waals surface area contributed by atoms with Crippen molar-refractivity contribution in [1.29, 1.82) is 0 Å². The van der Waals surface area contributed by atoms with Crippen LogP contribution in [0.5, 0.6) is 0 Å². The highest BCUT2D eigenvalue weighted by Crippen LogP contribution is 2.35. The van der Waals surface area contributed by atoms with Crippen molar-refractivity contribution in [2.75, 3.05) is 6.54 Å². The van der Waals surface area contributed by atoms with E-state index in [-0.39, 0.29) is 11.6 Å². The van der Waals surface area contributed by atoms with Gasteiger partial charge in [-0.2, -0.15) is 13.2 Å². The molecule has 2 heterocycles. The SMILES string of the molecule is Cc1sc2nc(SC(C)C(=O)NCC(F)(F)F)n(C3CCCC3)c(=O)c2c1C. The molecule has 0 aromatic carbocycles. The predicted octanol–water partition coefficient (Wildman–Crippen LogP) is 4.35. The number of hydrogen-bond acceptors (Lipinski definition) is 5. The molecule has 28 heavy (non-hydrogen) atoms. The minimum atomic E-state index is -4.46. The van der Waals surface area contributed by atoms with Gasteiger partial charge in [0.2, 0.25) is 5.91 Å². The normalized spacial score (nSPS) is 16.6. The van der Waals surface area contributed by atoms with E-state index in [0.29, 0.717) is 15.4 Å². The summed E-state index contributed by atoms with van der Waals surface area (Å²) < 4.78 is 38.8. The molecule has 1 atom stereocenters. The number of carbonyl (C=O) groups is 1. The molecule has 1 saturated carbocycles. The molecular weight excluding hydrogens is 411 g/mol. The second-order valence-electron chi connectivity index (χ2n) is 7.06. The van der Waals surface area contributed by atoms with Gasteiger partial charge in [0.25, 0.3) is 5.56 Å². The molecule has 0 bridgehead atoms. The van der Waals surface area contributed by atoms with Crippen LogP contribution in [0.1, 0.15) is 49.1 Å². The molecule has 2 aromatic heterocycles. The molecule has 154 valence electrons. The van der Waals surface area contributed by atoms with Gasteiger partial charge in [0.1, 0.15) is 11.4 Å². The van der Waals surface area contributed by atoms with Gasteiger partial charge in [0, 0.05) is 10.9 Å². The summed E-state index contributed by atoms with van der Waals surface area (Å²) in [4.78, 5) is 31.6. The molecule has 5 nitrogen and oxygen atoms in total. The monoisotopic (exact) mass is 433 g/mol. The van der Waals surface area contributed by atoms with Crippen LogP contribution in [0.4, 0.5) is 13.2 Å². The molecule has 0 spiro atoms. The van der Waals surface area contributed by atoms with Crippen LogP contribution < -0.4 is 10.9 Å². The Balaban J connectivity index is 1.96. The third kappa shape index (κ3) is 4.37. The van der Waals surface area contributed by atoms with Crippen LogP contribution in [0.3, 0.4) is 0 Å². The molecule has 10 heteroatoms. The summed E-state index contributed by atoms with van der Waals surface area (Å²) in [6, 6.07) is 0.0111. The molecule has 3 rings (SSSR count). The minimum Gasteiger partial charge on any atom is -0.346 e.